The quantitative estimate of drug-likeness (QED) is 0.772. The number of nitrogens with zero attached hydrogens (tertiary/aromatic N) is 1. The third-order valence-electron chi connectivity index (χ3n) is 3.92. The molecule has 0 bridgehead atoms. The van der Waals surface area contributed by atoms with Gasteiger partial charge < -0.3 is 9.47 Å². The zero-order valence-corrected chi connectivity index (χ0v) is 15.7. The van der Waals surface area contributed by atoms with Gasteiger partial charge in [-0.2, -0.15) is 4.31 Å². The Bertz CT molecular complexity index is 805. The second-order valence-electron chi connectivity index (χ2n) is 5.59. The van der Waals surface area contributed by atoms with E-state index in [1.807, 2.05) is 31.2 Å². The van der Waals surface area contributed by atoms with Crippen LogP contribution in [-0.2, 0) is 19.5 Å². The van der Waals surface area contributed by atoms with Crippen molar-refractivity contribution >= 4 is 26.0 Å². The summed E-state index contributed by atoms with van der Waals surface area (Å²) in [5.41, 5.74) is 1.76. The van der Waals surface area contributed by atoms with Crippen molar-refractivity contribution in [3.63, 3.8) is 0 Å². The van der Waals surface area contributed by atoms with Crippen LogP contribution in [0.25, 0.3) is 0 Å². The zero-order valence-electron chi connectivity index (χ0n) is 13.3. The molecule has 0 N–H and O–H groups in total. The number of sulfonamides is 1. The molecular weight excluding hydrogens is 394 g/mol. The molecule has 1 fully saturated rings. The van der Waals surface area contributed by atoms with Gasteiger partial charge in [0.1, 0.15) is 0 Å². The molecular formula is C17H18BrNO4S. The van der Waals surface area contributed by atoms with Gasteiger partial charge in [-0.3, -0.25) is 0 Å². The number of ether oxygens (including phenoxy) is 2. The lowest BCUT2D eigenvalue weighted by Crippen LogP contribution is -2.32. The lowest BCUT2D eigenvalue weighted by molar-refractivity contribution is -0.114. The van der Waals surface area contributed by atoms with Gasteiger partial charge in [-0.1, -0.05) is 45.8 Å². The molecule has 24 heavy (non-hydrogen) atoms. The highest BCUT2D eigenvalue weighted by Crippen LogP contribution is 2.35. The number of hydrogen-bond donors (Lipinski definition) is 0. The smallest absolute Gasteiger partial charge is 0.245 e. The van der Waals surface area contributed by atoms with E-state index in [1.54, 1.807) is 24.3 Å². The molecule has 7 heteroatoms. The highest BCUT2D eigenvalue weighted by Gasteiger charge is 2.42. The fourth-order valence-corrected chi connectivity index (χ4v) is 4.33. The number of halogens is 1. The maximum atomic E-state index is 13.0. The van der Waals surface area contributed by atoms with E-state index >= 15 is 0 Å². The third kappa shape index (κ3) is 3.41. The Morgan fingerprint density at radius 1 is 1.12 bits per heavy atom. The average Bonchev–Trinajstić information content (AvgIpc) is 3.01. The van der Waals surface area contributed by atoms with Gasteiger partial charge in [-0.05, 0) is 36.8 Å². The standard InChI is InChI=1S/C17H18BrNO4S/c1-12-3-9-15(10-4-12)24(20,21)19-11-16(22-2)23-17(19)13-5-7-14(18)8-6-13/h3-10,16-17H,11H2,1-2H3. The van der Waals surface area contributed by atoms with Crippen molar-refractivity contribution in [2.24, 2.45) is 0 Å². The fourth-order valence-electron chi connectivity index (χ4n) is 2.57. The summed E-state index contributed by atoms with van der Waals surface area (Å²) in [6.07, 6.45) is -1.31. The van der Waals surface area contributed by atoms with E-state index in [4.69, 9.17) is 9.47 Å². The van der Waals surface area contributed by atoms with Crippen molar-refractivity contribution in [3.05, 3.63) is 64.1 Å². The van der Waals surface area contributed by atoms with Crippen LogP contribution < -0.4 is 0 Å². The number of aryl methyl sites for hydroxylation is 1. The summed E-state index contributed by atoms with van der Waals surface area (Å²) < 4.78 is 39.4. The lowest BCUT2D eigenvalue weighted by atomic mass is 10.2. The topological polar surface area (TPSA) is 55.8 Å². The molecule has 5 nitrogen and oxygen atoms in total. The van der Waals surface area contributed by atoms with E-state index in [-0.39, 0.29) is 11.4 Å². The van der Waals surface area contributed by atoms with E-state index in [0.717, 1.165) is 15.6 Å². The second kappa shape index (κ2) is 6.93. The van der Waals surface area contributed by atoms with E-state index in [1.165, 1.54) is 11.4 Å². The van der Waals surface area contributed by atoms with Crippen LogP contribution in [0.2, 0.25) is 0 Å². The minimum Gasteiger partial charge on any atom is -0.354 e. The molecule has 2 unspecified atom stereocenters. The molecule has 0 spiro atoms. The summed E-state index contributed by atoms with van der Waals surface area (Å²) in [4.78, 5) is 0.246. The highest BCUT2D eigenvalue weighted by molar-refractivity contribution is 9.10. The largest absolute Gasteiger partial charge is 0.354 e. The minimum atomic E-state index is -3.69. The van der Waals surface area contributed by atoms with Crippen LogP contribution in [0.4, 0.5) is 0 Å². The van der Waals surface area contributed by atoms with Crippen molar-refractivity contribution in [2.75, 3.05) is 13.7 Å². The van der Waals surface area contributed by atoms with E-state index < -0.39 is 22.5 Å². The first-order valence-electron chi connectivity index (χ1n) is 7.44. The molecule has 128 valence electrons. The predicted octanol–water partition coefficient (Wildman–Crippen LogP) is 3.45. The second-order valence-corrected chi connectivity index (χ2v) is 8.40. The van der Waals surface area contributed by atoms with Crippen molar-refractivity contribution in [2.45, 2.75) is 24.3 Å². The van der Waals surface area contributed by atoms with Crippen LogP contribution in [0.5, 0.6) is 0 Å². The molecule has 2 aromatic rings. The molecule has 3 rings (SSSR count). The first-order chi connectivity index (χ1) is 11.4. The minimum absolute atomic E-state index is 0.146. The molecule has 1 saturated heterocycles. The number of hydrogen-bond acceptors (Lipinski definition) is 4. The van der Waals surface area contributed by atoms with Gasteiger partial charge in [0.25, 0.3) is 0 Å². The van der Waals surface area contributed by atoms with Crippen LogP contribution in [0.15, 0.2) is 57.9 Å². The Labute approximate surface area is 150 Å². The Morgan fingerprint density at radius 3 is 2.33 bits per heavy atom. The van der Waals surface area contributed by atoms with Gasteiger partial charge in [0.2, 0.25) is 10.0 Å². The van der Waals surface area contributed by atoms with Gasteiger partial charge in [-0.15, -0.1) is 0 Å². The van der Waals surface area contributed by atoms with Crippen molar-refractivity contribution in [1.82, 2.24) is 4.31 Å². The van der Waals surface area contributed by atoms with E-state index in [2.05, 4.69) is 15.9 Å². The van der Waals surface area contributed by atoms with Gasteiger partial charge in [0.15, 0.2) is 12.5 Å². The normalized spacial score (nSPS) is 22.0. The van der Waals surface area contributed by atoms with E-state index in [9.17, 15) is 8.42 Å². The summed E-state index contributed by atoms with van der Waals surface area (Å²) in [5, 5.41) is 0. The zero-order chi connectivity index (χ0) is 17.3. The number of methoxy groups -OCH3 is 1. The summed E-state index contributed by atoms with van der Waals surface area (Å²) >= 11 is 3.38. The first-order valence-corrected chi connectivity index (χ1v) is 9.67. The molecule has 0 saturated carbocycles. The van der Waals surface area contributed by atoms with Crippen molar-refractivity contribution < 1.29 is 17.9 Å². The number of rotatable bonds is 4. The molecule has 1 aliphatic heterocycles. The van der Waals surface area contributed by atoms with Crippen LogP contribution in [0, 0.1) is 6.92 Å². The highest BCUT2D eigenvalue weighted by atomic mass is 79.9. The predicted molar refractivity (Wildman–Crippen MR) is 93.8 cm³/mol. The Kier molecular flexibility index (Phi) is 5.08. The molecule has 0 aromatic heterocycles. The molecule has 2 atom stereocenters. The first kappa shape index (κ1) is 17.6. The van der Waals surface area contributed by atoms with Crippen LogP contribution in [0.3, 0.4) is 0 Å². The molecule has 2 aromatic carbocycles. The number of benzene rings is 2. The molecule has 0 amide bonds. The van der Waals surface area contributed by atoms with Gasteiger partial charge >= 0.3 is 0 Å². The van der Waals surface area contributed by atoms with Gasteiger partial charge in [0.05, 0.1) is 11.4 Å². The molecule has 1 heterocycles. The van der Waals surface area contributed by atoms with Crippen molar-refractivity contribution in [3.8, 4) is 0 Å². The maximum Gasteiger partial charge on any atom is 0.245 e. The van der Waals surface area contributed by atoms with Crippen molar-refractivity contribution in [1.29, 1.82) is 0 Å². The summed E-state index contributed by atoms with van der Waals surface area (Å²) in [5.74, 6) is 0. The average molecular weight is 412 g/mol. The van der Waals surface area contributed by atoms with E-state index in [0.29, 0.717) is 0 Å². The third-order valence-corrected chi connectivity index (χ3v) is 6.27. The monoisotopic (exact) mass is 411 g/mol. The summed E-state index contributed by atoms with van der Waals surface area (Å²) in [7, 11) is -2.18. The van der Waals surface area contributed by atoms with Crippen LogP contribution in [-0.4, -0.2) is 32.7 Å². The Balaban J connectivity index is 1.99. The molecule has 1 aliphatic rings. The molecule has 0 radical (unpaired) electrons. The van der Waals surface area contributed by atoms with Gasteiger partial charge in [0, 0.05) is 11.6 Å². The lowest BCUT2D eigenvalue weighted by Gasteiger charge is -2.22. The Morgan fingerprint density at radius 2 is 1.75 bits per heavy atom. The van der Waals surface area contributed by atoms with Crippen LogP contribution >= 0.6 is 15.9 Å². The van der Waals surface area contributed by atoms with Crippen LogP contribution in [0.1, 0.15) is 17.4 Å². The molecule has 0 aliphatic carbocycles. The van der Waals surface area contributed by atoms with Gasteiger partial charge in [-0.25, -0.2) is 8.42 Å². The fraction of sp³-hybridized carbons (Fsp3) is 0.294. The summed E-state index contributed by atoms with van der Waals surface area (Å²) in [6.45, 7) is 2.06. The summed E-state index contributed by atoms with van der Waals surface area (Å²) in [6, 6.07) is 14.2. The SMILES string of the molecule is COC1CN(S(=O)(=O)c2ccc(C)cc2)C(c2ccc(Br)cc2)O1. The maximum absolute atomic E-state index is 13.0. The Hall–Kier alpha value is -1.25.